The van der Waals surface area contributed by atoms with Crippen molar-refractivity contribution < 1.29 is 0 Å². The molecule has 0 aliphatic rings. The van der Waals surface area contributed by atoms with Gasteiger partial charge in [0.2, 0.25) is 0 Å². The number of fused-ring (bicyclic) bond motifs is 1. The topological polar surface area (TPSA) is 4.93 Å². The van der Waals surface area contributed by atoms with Gasteiger partial charge in [-0.1, -0.05) is 66.7 Å². The van der Waals surface area contributed by atoms with Gasteiger partial charge in [-0.05, 0) is 54.2 Å². The number of rotatable bonds is 4. The van der Waals surface area contributed by atoms with Gasteiger partial charge in [-0.25, -0.2) is 0 Å². The van der Waals surface area contributed by atoms with Crippen molar-refractivity contribution in [1.82, 2.24) is 4.57 Å². The Kier molecular flexibility index (Phi) is 4.15. The molecule has 0 spiro atoms. The maximum absolute atomic E-state index is 2.41. The molecule has 0 saturated carbocycles. The van der Waals surface area contributed by atoms with E-state index >= 15 is 0 Å². The zero-order valence-electron chi connectivity index (χ0n) is 14.9. The van der Waals surface area contributed by atoms with Gasteiger partial charge in [0.05, 0.1) is 0 Å². The van der Waals surface area contributed by atoms with E-state index in [0.29, 0.717) is 0 Å². The van der Waals surface area contributed by atoms with E-state index in [2.05, 4.69) is 97.4 Å². The molecule has 0 atom stereocenters. The molecule has 0 bridgehead atoms. The van der Waals surface area contributed by atoms with Crippen LogP contribution >= 0.6 is 0 Å². The zero-order valence-corrected chi connectivity index (χ0v) is 14.9. The van der Waals surface area contributed by atoms with Gasteiger partial charge in [0.15, 0.2) is 0 Å². The van der Waals surface area contributed by atoms with Gasteiger partial charge in [0.25, 0.3) is 0 Å². The molecule has 1 aromatic heterocycles. The average molecular weight is 325 g/mol. The minimum absolute atomic E-state index is 0.918. The summed E-state index contributed by atoms with van der Waals surface area (Å²) >= 11 is 0. The first-order valence-electron chi connectivity index (χ1n) is 8.88. The van der Waals surface area contributed by atoms with E-state index < -0.39 is 0 Å². The van der Waals surface area contributed by atoms with E-state index in [0.717, 1.165) is 13.0 Å². The Hall–Kier alpha value is -2.80. The Bertz CT molecular complexity index is 1010. The summed E-state index contributed by atoms with van der Waals surface area (Å²) in [6, 6.07) is 26.0. The summed E-state index contributed by atoms with van der Waals surface area (Å²) in [7, 11) is 0. The molecule has 124 valence electrons. The standard InChI is InChI=1S/C24H23N/c1-18-9-6-7-13-21(18)16-25-17-22(15-20-11-4-3-5-12-20)24-19(2)10-8-14-23(24)25/h3-14,17H,15-16H2,1-2H3. The third-order valence-corrected chi connectivity index (χ3v) is 5.03. The highest BCUT2D eigenvalue weighted by molar-refractivity contribution is 5.87. The fourth-order valence-corrected chi connectivity index (χ4v) is 3.68. The van der Waals surface area contributed by atoms with Crippen LogP contribution in [0.1, 0.15) is 27.8 Å². The predicted molar refractivity (Wildman–Crippen MR) is 106 cm³/mol. The highest BCUT2D eigenvalue weighted by Gasteiger charge is 2.12. The normalized spacial score (nSPS) is 11.1. The predicted octanol–water partition coefficient (Wildman–Crippen LogP) is 5.90. The molecular formula is C24H23N. The van der Waals surface area contributed by atoms with Gasteiger partial charge in [-0.2, -0.15) is 0 Å². The highest BCUT2D eigenvalue weighted by Crippen LogP contribution is 2.28. The van der Waals surface area contributed by atoms with Gasteiger partial charge in [-0.15, -0.1) is 0 Å². The smallest absolute Gasteiger partial charge is 0.0489 e. The van der Waals surface area contributed by atoms with Crippen LogP contribution in [0.3, 0.4) is 0 Å². The molecule has 4 aromatic rings. The molecule has 0 N–H and O–H groups in total. The molecule has 0 aliphatic carbocycles. The number of aryl methyl sites for hydroxylation is 2. The minimum Gasteiger partial charge on any atom is -0.343 e. The molecule has 4 rings (SSSR count). The summed E-state index contributed by atoms with van der Waals surface area (Å²) in [5.74, 6) is 0. The molecule has 25 heavy (non-hydrogen) atoms. The van der Waals surface area contributed by atoms with Crippen molar-refractivity contribution in [2.45, 2.75) is 26.8 Å². The van der Waals surface area contributed by atoms with Crippen molar-refractivity contribution in [1.29, 1.82) is 0 Å². The molecule has 0 unspecified atom stereocenters. The maximum atomic E-state index is 2.41. The highest BCUT2D eigenvalue weighted by atomic mass is 15.0. The van der Waals surface area contributed by atoms with Crippen LogP contribution in [0.5, 0.6) is 0 Å². The molecule has 0 fully saturated rings. The van der Waals surface area contributed by atoms with Gasteiger partial charge in [-0.3, -0.25) is 0 Å². The van der Waals surface area contributed by atoms with E-state index in [4.69, 9.17) is 0 Å². The Morgan fingerprint density at radius 3 is 2.20 bits per heavy atom. The fourth-order valence-electron chi connectivity index (χ4n) is 3.68. The third kappa shape index (κ3) is 3.10. The summed E-state index contributed by atoms with van der Waals surface area (Å²) in [6.07, 6.45) is 3.32. The molecule has 0 amide bonds. The van der Waals surface area contributed by atoms with Crippen LogP contribution in [0, 0.1) is 13.8 Å². The van der Waals surface area contributed by atoms with Crippen molar-refractivity contribution >= 4 is 10.9 Å². The SMILES string of the molecule is Cc1ccccc1Cn1cc(Cc2ccccc2)c2c(C)cccc21. The summed E-state index contributed by atoms with van der Waals surface area (Å²) in [5, 5.41) is 1.40. The summed E-state index contributed by atoms with van der Waals surface area (Å²) in [6.45, 7) is 5.33. The van der Waals surface area contributed by atoms with Crippen molar-refractivity contribution in [3.63, 3.8) is 0 Å². The number of hydrogen-bond donors (Lipinski definition) is 0. The summed E-state index contributed by atoms with van der Waals surface area (Å²) < 4.78 is 2.41. The Labute approximate surface area is 149 Å². The third-order valence-electron chi connectivity index (χ3n) is 5.03. The van der Waals surface area contributed by atoms with Crippen LogP contribution in [-0.2, 0) is 13.0 Å². The largest absolute Gasteiger partial charge is 0.343 e. The lowest BCUT2D eigenvalue weighted by atomic mass is 10.0. The molecule has 3 aromatic carbocycles. The van der Waals surface area contributed by atoms with Crippen molar-refractivity contribution in [2.24, 2.45) is 0 Å². The lowest BCUT2D eigenvalue weighted by molar-refractivity contribution is 0.826. The van der Waals surface area contributed by atoms with Crippen LogP contribution in [0.25, 0.3) is 10.9 Å². The lowest BCUT2D eigenvalue weighted by Gasteiger charge is -2.08. The van der Waals surface area contributed by atoms with Crippen LogP contribution < -0.4 is 0 Å². The molecule has 0 saturated heterocycles. The minimum atomic E-state index is 0.918. The first-order chi connectivity index (χ1) is 12.2. The van der Waals surface area contributed by atoms with Crippen LogP contribution in [-0.4, -0.2) is 4.57 Å². The van der Waals surface area contributed by atoms with Gasteiger partial charge in [0.1, 0.15) is 0 Å². The Morgan fingerprint density at radius 1 is 0.680 bits per heavy atom. The fraction of sp³-hybridized carbons (Fsp3) is 0.167. The lowest BCUT2D eigenvalue weighted by Crippen LogP contribution is -1.99. The quantitative estimate of drug-likeness (QED) is 0.440. The first-order valence-corrected chi connectivity index (χ1v) is 8.88. The van der Waals surface area contributed by atoms with E-state index in [-0.39, 0.29) is 0 Å². The maximum Gasteiger partial charge on any atom is 0.0489 e. The molecule has 0 radical (unpaired) electrons. The first kappa shape index (κ1) is 15.7. The van der Waals surface area contributed by atoms with Crippen molar-refractivity contribution in [3.05, 3.63) is 107 Å². The molecule has 1 heteroatoms. The average Bonchev–Trinajstić information content (AvgIpc) is 2.97. The summed E-state index contributed by atoms with van der Waals surface area (Å²) in [5.41, 5.74) is 8.18. The monoisotopic (exact) mass is 325 g/mol. The second-order valence-electron chi connectivity index (χ2n) is 6.84. The second kappa shape index (κ2) is 6.60. The molecule has 1 heterocycles. The summed E-state index contributed by atoms with van der Waals surface area (Å²) in [4.78, 5) is 0. The number of nitrogens with zero attached hydrogens (tertiary/aromatic N) is 1. The number of benzene rings is 3. The van der Waals surface area contributed by atoms with E-state index in [1.807, 2.05) is 0 Å². The van der Waals surface area contributed by atoms with Crippen LogP contribution in [0.15, 0.2) is 79.0 Å². The Morgan fingerprint density at radius 2 is 1.40 bits per heavy atom. The van der Waals surface area contributed by atoms with E-state index in [9.17, 15) is 0 Å². The van der Waals surface area contributed by atoms with Gasteiger partial charge in [0, 0.05) is 23.6 Å². The number of hydrogen-bond acceptors (Lipinski definition) is 0. The van der Waals surface area contributed by atoms with Crippen molar-refractivity contribution in [3.8, 4) is 0 Å². The second-order valence-corrected chi connectivity index (χ2v) is 6.84. The van der Waals surface area contributed by atoms with E-state index in [1.54, 1.807) is 0 Å². The van der Waals surface area contributed by atoms with Crippen LogP contribution in [0.2, 0.25) is 0 Å². The molecule has 1 nitrogen and oxygen atoms in total. The zero-order chi connectivity index (χ0) is 17.2. The van der Waals surface area contributed by atoms with Gasteiger partial charge >= 0.3 is 0 Å². The Balaban J connectivity index is 1.80. The molecule has 0 aliphatic heterocycles. The van der Waals surface area contributed by atoms with Crippen molar-refractivity contribution in [2.75, 3.05) is 0 Å². The molecular weight excluding hydrogens is 302 g/mol. The van der Waals surface area contributed by atoms with Crippen LogP contribution in [0.4, 0.5) is 0 Å². The number of aromatic nitrogens is 1. The van der Waals surface area contributed by atoms with Gasteiger partial charge < -0.3 is 4.57 Å². The van der Waals surface area contributed by atoms with E-state index in [1.165, 1.54) is 38.7 Å².